The van der Waals surface area contributed by atoms with Crippen LogP contribution in [0.5, 0.6) is 5.75 Å². The van der Waals surface area contributed by atoms with Crippen LogP contribution < -0.4 is 15.0 Å². The highest BCUT2D eigenvalue weighted by atomic mass is 19.1. The van der Waals surface area contributed by atoms with Crippen LogP contribution in [-0.2, 0) is 24.2 Å². The minimum atomic E-state index is -0.214. The lowest BCUT2D eigenvalue weighted by Crippen LogP contribution is -2.61. The van der Waals surface area contributed by atoms with Gasteiger partial charge in [-0.2, -0.15) is 0 Å². The molecular formula is C29H32FN3O2. The number of hydrogen-bond donors (Lipinski definition) is 1. The Morgan fingerprint density at radius 2 is 1.74 bits per heavy atom. The van der Waals surface area contributed by atoms with E-state index in [4.69, 9.17) is 4.74 Å². The molecule has 0 radical (unpaired) electrons. The molecular weight excluding hydrogens is 441 g/mol. The molecule has 2 heterocycles. The number of para-hydroxylation sites is 1. The fourth-order valence-electron chi connectivity index (χ4n) is 5.36. The molecule has 3 aromatic rings. The van der Waals surface area contributed by atoms with Gasteiger partial charge >= 0.3 is 0 Å². The molecule has 0 saturated carbocycles. The molecule has 0 spiro atoms. The van der Waals surface area contributed by atoms with E-state index < -0.39 is 0 Å². The largest absolute Gasteiger partial charge is 0.497 e. The van der Waals surface area contributed by atoms with Crippen LogP contribution in [-0.4, -0.2) is 50.1 Å². The number of nitrogens with one attached hydrogen (secondary N) is 1. The standard InChI is InChI=1S/C29H32FN3O2/c1-35-25-12-8-21(9-13-25)14-15-31-29(34)26-18-23-4-2-3-5-27(23)33-17-16-32(20-28(26)33)19-22-6-10-24(30)11-7-22/h2-13,26,28H,14-20H2,1H3,(H,31,34)/t26-,28+/m0/s1. The van der Waals surface area contributed by atoms with Crippen LogP contribution in [0.3, 0.4) is 0 Å². The topological polar surface area (TPSA) is 44.8 Å². The second-order valence-corrected chi connectivity index (χ2v) is 9.45. The van der Waals surface area contributed by atoms with Gasteiger partial charge in [0, 0.05) is 38.4 Å². The number of hydrogen-bond acceptors (Lipinski definition) is 4. The zero-order valence-corrected chi connectivity index (χ0v) is 20.1. The van der Waals surface area contributed by atoms with Crippen LogP contribution in [0.25, 0.3) is 0 Å². The molecule has 1 amide bonds. The zero-order valence-electron chi connectivity index (χ0n) is 20.1. The first-order valence-corrected chi connectivity index (χ1v) is 12.3. The van der Waals surface area contributed by atoms with Gasteiger partial charge in [-0.25, -0.2) is 4.39 Å². The fourth-order valence-corrected chi connectivity index (χ4v) is 5.36. The molecule has 0 aromatic heterocycles. The maximum Gasteiger partial charge on any atom is 0.225 e. The van der Waals surface area contributed by atoms with Gasteiger partial charge in [-0.1, -0.05) is 42.5 Å². The van der Waals surface area contributed by atoms with Gasteiger partial charge in [0.25, 0.3) is 0 Å². The first kappa shape index (κ1) is 23.4. The number of halogens is 1. The predicted octanol–water partition coefficient (Wildman–Crippen LogP) is 4.06. The van der Waals surface area contributed by atoms with Crippen LogP contribution in [0.1, 0.15) is 16.7 Å². The van der Waals surface area contributed by atoms with E-state index >= 15 is 0 Å². The summed E-state index contributed by atoms with van der Waals surface area (Å²) < 4.78 is 18.6. The Kier molecular flexibility index (Phi) is 7.00. The number of benzene rings is 3. The van der Waals surface area contributed by atoms with E-state index in [-0.39, 0.29) is 23.7 Å². The van der Waals surface area contributed by atoms with Gasteiger partial charge < -0.3 is 15.0 Å². The summed E-state index contributed by atoms with van der Waals surface area (Å²) in [5, 5.41) is 3.21. The van der Waals surface area contributed by atoms with E-state index in [0.29, 0.717) is 6.54 Å². The third kappa shape index (κ3) is 5.33. The maximum atomic E-state index is 13.4. The van der Waals surface area contributed by atoms with E-state index in [9.17, 15) is 9.18 Å². The highest BCUT2D eigenvalue weighted by molar-refractivity contribution is 5.82. The van der Waals surface area contributed by atoms with E-state index in [1.807, 2.05) is 36.4 Å². The zero-order chi connectivity index (χ0) is 24.2. The first-order chi connectivity index (χ1) is 17.1. The highest BCUT2D eigenvalue weighted by Gasteiger charge is 2.41. The number of fused-ring (bicyclic) bond motifs is 3. The van der Waals surface area contributed by atoms with Gasteiger partial charge in [0.2, 0.25) is 5.91 Å². The normalized spacial score (nSPS) is 19.5. The Morgan fingerprint density at radius 1 is 1.00 bits per heavy atom. The molecule has 2 aliphatic heterocycles. The summed E-state index contributed by atoms with van der Waals surface area (Å²) in [7, 11) is 1.66. The quantitative estimate of drug-likeness (QED) is 0.562. The molecule has 1 saturated heterocycles. The third-order valence-electron chi connectivity index (χ3n) is 7.24. The van der Waals surface area contributed by atoms with Gasteiger partial charge in [-0.3, -0.25) is 9.69 Å². The fraction of sp³-hybridized carbons (Fsp3) is 0.345. The molecule has 2 aliphatic rings. The number of carbonyl (C=O) groups excluding carboxylic acids is 1. The van der Waals surface area contributed by atoms with Crippen molar-refractivity contribution in [1.29, 1.82) is 0 Å². The second-order valence-electron chi connectivity index (χ2n) is 9.45. The molecule has 182 valence electrons. The SMILES string of the molecule is COc1ccc(CCNC(=O)[C@H]2Cc3ccccc3N3CCN(Cc4ccc(F)cc4)C[C@H]23)cc1. The first-order valence-electron chi connectivity index (χ1n) is 12.3. The van der Waals surface area contributed by atoms with Crippen LogP contribution >= 0.6 is 0 Å². The number of ether oxygens (including phenoxy) is 1. The summed E-state index contributed by atoms with van der Waals surface area (Å²) in [5.41, 5.74) is 4.76. The van der Waals surface area contributed by atoms with Crippen molar-refractivity contribution in [2.24, 2.45) is 5.92 Å². The van der Waals surface area contributed by atoms with Crippen molar-refractivity contribution >= 4 is 11.6 Å². The molecule has 0 unspecified atom stereocenters. The van der Waals surface area contributed by atoms with Crippen LogP contribution in [0.2, 0.25) is 0 Å². The molecule has 5 rings (SSSR count). The monoisotopic (exact) mass is 473 g/mol. The average molecular weight is 474 g/mol. The second kappa shape index (κ2) is 10.5. The summed E-state index contributed by atoms with van der Waals surface area (Å²) in [5.74, 6) is 0.624. The summed E-state index contributed by atoms with van der Waals surface area (Å²) >= 11 is 0. The van der Waals surface area contributed by atoms with Crippen molar-refractivity contribution in [3.05, 3.63) is 95.3 Å². The summed E-state index contributed by atoms with van der Waals surface area (Å²) in [6.45, 7) is 3.96. The predicted molar refractivity (Wildman–Crippen MR) is 136 cm³/mol. The third-order valence-corrected chi connectivity index (χ3v) is 7.24. The van der Waals surface area contributed by atoms with Crippen molar-refractivity contribution < 1.29 is 13.9 Å². The Hall–Kier alpha value is -3.38. The lowest BCUT2D eigenvalue weighted by atomic mass is 9.83. The van der Waals surface area contributed by atoms with Crippen LogP contribution in [0.4, 0.5) is 10.1 Å². The molecule has 5 nitrogen and oxygen atoms in total. The number of anilines is 1. The van der Waals surface area contributed by atoms with E-state index in [1.54, 1.807) is 7.11 Å². The molecule has 1 N–H and O–H groups in total. The number of carbonyl (C=O) groups is 1. The number of nitrogens with zero attached hydrogens (tertiary/aromatic N) is 2. The molecule has 0 aliphatic carbocycles. The van der Waals surface area contributed by atoms with Crippen molar-refractivity contribution in [1.82, 2.24) is 10.2 Å². The average Bonchev–Trinajstić information content (AvgIpc) is 2.89. The number of amides is 1. The van der Waals surface area contributed by atoms with Crippen molar-refractivity contribution in [2.75, 3.05) is 38.2 Å². The Balaban J connectivity index is 1.27. The molecule has 6 heteroatoms. The summed E-state index contributed by atoms with van der Waals surface area (Å²) in [4.78, 5) is 18.3. The van der Waals surface area contributed by atoms with Gasteiger partial charge in [0.05, 0.1) is 19.1 Å². The summed E-state index contributed by atoms with van der Waals surface area (Å²) in [6, 6.07) is 23.3. The molecule has 35 heavy (non-hydrogen) atoms. The maximum absolute atomic E-state index is 13.4. The number of methoxy groups -OCH3 is 1. The molecule has 0 bridgehead atoms. The minimum absolute atomic E-state index is 0.111. The van der Waals surface area contributed by atoms with Crippen molar-refractivity contribution in [2.45, 2.75) is 25.4 Å². The Labute approximate surface area is 206 Å². The summed E-state index contributed by atoms with van der Waals surface area (Å²) in [6.07, 6.45) is 1.53. The van der Waals surface area contributed by atoms with Gasteiger partial charge in [-0.05, 0) is 59.9 Å². The van der Waals surface area contributed by atoms with Crippen molar-refractivity contribution in [3.63, 3.8) is 0 Å². The van der Waals surface area contributed by atoms with Gasteiger partial charge in [0.1, 0.15) is 11.6 Å². The van der Waals surface area contributed by atoms with Crippen LogP contribution in [0.15, 0.2) is 72.8 Å². The lowest BCUT2D eigenvalue weighted by Gasteiger charge is -2.49. The van der Waals surface area contributed by atoms with Crippen molar-refractivity contribution in [3.8, 4) is 5.75 Å². The molecule has 1 fully saturated rings. The van der Waals surface area contributed by atoms with E-state index in [1.165, 1.54) is 28.9 Å². The smallest absolute Gasteiger partial charge is 0.225 e. The van der Waals surface area contributed by atoms with Crippen LogP contribution in [0, 0.1) is 11.7 Å². The van der Waals surface area contributed by atoms with Gasteiger partial charge in [-0.15, -0.1) is 0 Å². The molecule has 2 atom stereocenters. The molecule has 3 aromatic carbocycles. The Bertz CT molecular complexity index is 1150. The lowest BCUT2D eigenvalue weighted by molar-refractivity contribution is -0.126. The minimum Gasteiger partial charge on any atom is -0.497 e. The Morgan fingerprint density at radius 3 is 2.51 bits per heavy atom. The number of rotatable bonds is 7. The number of piperazine rings is 1. The van der Waals surface area contributed by atoms with Gasteiger partial charge in [0.15, 0.2) is 0 Å². The van der Waals surface area contributed by atoms with E-state index in [2.05, 4.69) is 39.4 Å². The van der Waals surface area contributed by atoms with E-state index in [0.717, 1.165) is 50.3 Å². The highest BCUT2D eigenvalue weighted by Crippen LogP contribution is 2.36.